The minimum Gasteiger partial charge on any atom is -0.320 e. The van der Waals surface area contributed by atoms with Crippen LogP contribution in [0.3, 0.4) is 0 Å². The molecule has 1 heterocycles. The Balaban J connectivity index is 2.44. The highest BCUT2D eigenvalue weighted by atomic mass is 79.9. The second-order valence-corrected chi connectivity index (χ2v) is 4.71. The summed E-state index contributed by atoms with van der Waals surface area (Å²) in [6.45, 7) is 1.95. The first-order valence-corrected chi connectivity index (χ1v) is 6.00. The van der Waals surface area contributed by atoms with Crippen LogP contribution in [0.5, 0.6) is 0 Å². The van der Waals surface area contributed by atoms with Gasteiger partial charge in [-0.1, -0.05) is 18.2 Å². The van der Waals surface area contributed by atoms with Crippen LogP contribution in [-0.2, 0) is 0 Å². The Morgan fingerprint density at radius 3 is 2.82 bits per heavy atom. The van der Waals surface area contributed by atoms with Gasteiger partial charge in [0.1, 0.15) is 5.82 Å². The molecule has 0 bridgehead atoms. The molecule has 0 spiro atoms. The number of nitrogens with zero attached hydrogens (tertiary/aromatic N) is 1. The van der Waals surface area contributed by atoms with E-state index in [9.17, 15) is 4.39 Å². The maximum Gasteiger partial charge on any atom is 0.137 e. The molecule has 0 saturated carbocycles. The van der Waals surface area contributed by atoms with E-state index in [0.29, 0.717) is 4.47 Å². The van der Waals surface area contributed by atoms with Gasteiger partial charge in [0.2, 0.25) is 0 Å². The summed E-state index contributed by atoms with van der Waals surface area (Å²) in [5, 5.41) is 0. The Morgan fingerprint density at radius 2 is 2.12 bits per heavy atom. The van der Waals surface area contributed by atoms with Crippen molar-refractivity contribution in [3.63, 3.8) is 0 Å². The summed E-state index contributed by atoms with van der Waals surface area (Å²) in [5.74, 6) is -0.307. The van der Waals surface area contributed by atoms with E-state index in [1.807, 2.05) is 13.0 Å². The maximum absolute atomic E-state index is 13.4. The number of rotatable bonds is 2. The fourth-order valence-electron chi connectivity index (χ4n) is 1.69. The molecule has 2 N–H and O–H groups in total. The van der Waals surface area contributed by atoms with Crippen LogP contribution < -0.4 is 5.73 Å². The number of pyridine rings is 1. The number of benzene rings is 1. The average Bonchev–Trinajstić information content (AvgIpc) is 2.32. The van der Waals surface area contributed by atoms with E-state index in [4.69, 9.17) is 5.73 Å². The molecule has 4 heteroatoms. The Labute approximate surface area is 108 Å². The van der Waals surface area contributed by atoms with Crippen molar-refractivity contribution < 1.29 is 4.39 Å². The predicted molar refractivity (Wildman–Crippen MR) is 69.1 cm³/mol. The maximum atomic E-state index is 13.4. The predicted octanol–water partition coefficient (Wildman–Crippen LogP) is 3.34. The molecule has 1 aromatic heterocycles. The largest absolute Gasteiger partial charge is 0.320 e. The van der Waals surface area contributed by atoms with Gasteiger partial charge in [0.15, 0.2) is 0 Å². The van der Waals surface area contributed by atoms with Gasteiger partial charge in [0.05, 0.1) is 10.5 Å². The second-order valence-electron chi connectivity index (χ2n) is 3.92. The molecule has 17 heavy (non-hydrogen) atoms. The summed E-state index contributed by atoms with van der Waals surface area (Å²) in [4.78, 5) is 4.09. The number of halogens is 2. The Morgan fingerprint density at radius 1 is 1.35 bits per heavy atom. The van der Waals surface area contributed by atoms with Gasteiger partial charge in [-0.05, 0) is 45.6 Å². The lowest BCUT2D eigenvalue weighted by atomic mass is 10.0. The van der Waals surface area contributed by atoms with Crippen LogP contribution in [0.4, 0.5) is 4.39 Å². The molecule has 0 amide bonds. The quantitative estimate of drug-likeness (QED) is 0.923. The van der Waals surface area contributed by atoms with Crippen molar-refractivity contribution in [1.82, 2.24) is 4.98 Å². The van der Waals surface area contributed by atoms with Crippen molar-refractivity contribution in [2.24, 2.45) is 5.73 Å². The molecule has 1 aromatic carbocycles. The molecule has 0 aliphatic carbocycles. The normalized spacial score (nSPS) is 12.5. The Hall–Kier alpha value is -1.26. The van der Waals surface area contributed by atoms with E-state index in [2.05, 4.69) is 20.9 Å². The van der Waals surface area contributed by atoms with Crippen LogP contribution in [-0.4, -0.2) is 4.98 Å². The van der Waals surface area contributed by atoms with Crippen molar-refractivity contribution in [2.75, 3.05) is 0 Å². The van der Waals surface area contributed by atoms with Gasteiger partial charge in [0.25, 0.3) is 0 Å². The Kier molecular flexibility index (Phi) is 3.54. The fraction of sp³-hybridized carbons (Fsp3) is 0.154. The van der Waals surface area contributed by atoms with E-state index in [-0.39, 0.29) is 11.9 Å². The third kappa shape index (κ3) is 2.53. The summed E-state index contributed by atoms with van der Waals surface area (Å²) in [5.41, 5.74) is 8.74. The minimum atomic E-state index is -0.382. The summed E-state index contributed by atoms with van der Waals surface area (Å²) in [6.07, 6.45) is 3.46. The second kappa shape index (κ2) is 4.94. The van der Waals surface area contributed by atoms with E-state index in [1.165, 1.54) is 6.07 Å². The summed E-state index contributed by atoms with van der Waals surface area (Å²) in [6, 6.07) is 6.43. The van der Waals surface area contributed by atoms with E-state index >= 15 is 0 Å². The molecular formula is C13H12BrFN2. The van der Waals surface area contributed by atoms with Gasteiger partial charge in [0, 0.05) is 12.4 Å². The smallest absolute Gasteiger partial charge is 0.137 e. The van der Waals surface area contributed by atoms with Gasteiger partial charge >= 0.3 is 0 Å². The third-order valence-corrected chi connectivity index (χ3v) is 3.41. The zero-order valence-electron chi connectivity index (χ0n) is 9.32. The van der Waals surface area contributed by atoms with Gasteiger partial charge in [-0.15, -0.1) is 0 Å². The lowest BCUT2D eigenvalue weighted by molar-refractivity contribution is 0.616. The van der Waals surface area contributed by atoms with Crippen LogP contribution in [0.25, 0.3) is 0 Å². The van der Waals surface area contributed by atoms with Crippen LogP contribution in [0.1, 0.15) is 22.7 Å². The molecule has 0 fully saturated rings. The van der Waals surface area contributed by atoms with Gasteiger partial charge in [-0.3, -0.25) is 4.98 Å². The molecule has 0 aliphatic heterocycles. The third-order valence-electron chi connectivity index (χ3n) is 2.57. The van der Waals surface area contributed by atoms with Crippen LogP contribution >= 0.6 is 15.9 Å². The Bertz CT molecular complexity index is 543. The molecule has 2 rings (SSSR count). The standard InChI is InChI=1S/C13H12BrFN2/c1-8-5-9(7-17-6-8)13(16)10-3-2-4-11(15)12(10)14/h2-7,13H,16H2,1H3. The molecule has 2 nitrogen and oxygen atoms in total. The van der Waals surface area contributed by atoms with Crippen LogP contribution in [0, 0.1) is 12.7 Å². The molecule has 0 saturated heterocycles. The monoisotopic (exact) mass is 294 g/mol. The van der Waals surface area contributed by atoms with E-state index in [0.717, 1.165) is 16.7 Å². The first-order chi connectivity index (χ1) is 8.09. The summed E-state index contributed by atoms with van der Waals surface area (Å²) in [7, 11) is 0. The van der Waals surface area contributed by atoms with Crippen LogP contribution in [0.15, 0.2) is 41.1 Å². The van der Waals surface area contributed by atoms with Gasteiger partial charge in [-0.25, -0.2) is 4.39 Å². The number of aromatic nitrogens is 1. The summed E-state index contributed by atoms with van der Waals surface area (Å²) >= 11 is 3.22. The van der Waals surface area contributed by atoms with E-state index < -0.39 is 0 Å². The minimum absolute atomic E-state index is 0.307. The fourth-order valence-corrected chi connectivity index (χ4v) is 2.20. The molecular weight excluding hydrogens is 283 g/mol. The first kappa shape index (κ1) is 12.2. The number of hydrogen-bond acceptors (Lipinski definition) is 2. The highest BCUT2D eigenvalue weighted by Gasteiger charge is 2.14. The van der Waals surface area contributed by atoms with Crippen molar-refractivity contribution in [2.45, 2.75) is 13.0 Å². The zero-order chi connectivity index (χ0) is 12.4. The SMILES string of the molecule is Cc1cncc(C(N)c2cccc(F)c2Br)c1. The number of nitrogens with two attached hydrogens (primary N) is 1. The molecule has 0 radical (unpaired) electrons. The molecule has 2 aromatic rings. The van der Waals surface area contributed by atoms with Crippen molar-refractivity contribution in [1.29, 1.82) is 0 Å². The highest BCUT2D eigenvalue weighted by molar-refractivity contribution is 9.10. The topological polar surface area (TPSA) is 38.9 Å². The zero-order valence-corrected chi connectivity index (χ0v) is 10.9. The lowest BCUT2D eigenvalue weighted by Gasteiger charge is -2.14. The number of hydrogen-bond donors (Lipinski definition) is 1. The average molecular weight is 295 g/mol. The number of aryl methyl sites for hydroxylation is 1. The molecule has 0 aliphatic rings. The molecule has 1 unspecified atom stereocenters. The molecule has 88 valence electrons. The van der Waals surface area contributed by atoms with Crippen molar-refractivity contribution in [3.8, 4) is 0 Å². The van der Waals surface area contributed by atoms with E-state index in [1.54, 1.807) is 24.5 Å². The van der Waals surface area contributed by atoms with Gasteiger partial charge < -0.3 is 5.73 Å². The van der Waals surface area contributed by atoms with Crippen molar-refractivity contribution >= 4 is 15.9 Å². The highest BCUT2D eigenvalue weighted by Crippen LogP contribution is 2.28. The summed E-state index contributed by atoms with van der Waals surface area (Å²) < 4.78 is 13.8. The first-order valence-electron chi connectivity index (χ1n) is 5.20. The lowest BCUT2D eigenvalue weighted by Crippen LogP contribution is -2.13. The van der Waals surface area contributed by atoms with Gasteiger partial charge in [-0.2, -0.15) is 0 Å². The van der Waals surface area contributed by atoms with Crippen molar-refractivity contribution in [3.05, 3.63) is 63.6 Å². The molecule has 1 atom stereocenters. The van der Waals surface area contributed by atoms with Crippen LogP contribution in [0.2, 0.25) is 0 Å².